The van der Waals surface area contributed by atoms with Crippen LogP contribution in [0.1, 0.15) is 47.1 Å². The molecule has 174 valence electrons. The first-order valence-electron chi connectivity index (χ1n) is 11.4. The number of nitrogens with two attached hydrogens (primary N) is 1. The third kappa shape index (κ3) is 3.46. The van der Waals surface area contributed by atoms with Crippen LogP contribution >= 0.6 is 0 Å². The summed E-state index contributed by atoms with van der Waals surface area (Å²) in [6.07, 6.45) is 4.41. The Bertz CT molecular complexity index is 1430. The predicted molar refractivity (Wildman–Crippen MR) is 124 cm³/mol. The van der Waals surface area contributed by atoms with Crippen molar-refractivity contribution in [3.63, 3.8) is 0 Å². The van der Waals surface area contributed by atoms with Crippen molar-refractivity contribution in [2.45, 2.75) is 32.1 Å². The quantitative estimate of drug-likeness (QED) is 0.418. The Morgan fingerprint density at radius 3 is 2.79 bits per heavy atom. The third-order valence-electron chi connectivity index (χ3n) is 7.18. The Morgan fingerprint density at radius 2 is 2.03 bits per heavy atom. The molecule has 6 rings (SSSR count). The lowest BCUT2D eigenvalue weighted by molar-refractivity contribution is -0.121. The summed E-state index contributed by atoms with van der Waals surface area (Å²) in [5.74, 6) is -0.00550. The molecule has 2 saturated carbocycles. The summed E-state index contributed by atoms with van der Waals surface area (Å²) in [6.45, 7) is 1.96. The highest BCUT2D eigenvalue weighted by atomic mass is 16.5. The molecule has 0 saturated heterocycles. The molecule has 2 aliphatic rings. The van der Waals surface area contributed by atoms with Crippen LogP contribution in [-0.2, 0) is 11.8 Å². The number of hydrogen-bond acceptors (Lipinski definition) is 6. The molecule has 0 unspecified atom stereocenters. The van der Waals surface area contributed by atoms with E-state index in [1.54, 1.807) is 13.2 Å². The van der Waals surface area contributed by atoms with Crippen LogP contribution in [0.5, 0.6) is 0 Å². The number of primary amides is 1. The molecule has 3 heterocycles. The van der Waals surface area contributed by atoms with Gasteiger partial charge in [0, 0.05) is 41.7 Å². The molecule has 4 atom stereocenters. The lowest BCUT2D eigenvalue weighted by Crippen LogP contribution is -2.32. The summed E-state index contributed by atoms with van der Waals surface area (Å²) in [5.41, 5.74) is 10.1. The smallest absolute Gasteiger partial charge is 0.271 e. The molecule has 10 heteroatoms. The lowest BCUT2D eigenvalue weighted by atomic mass is 9.76. The standard InChI is InChI=1S/C24H25N7O3/c1-11-5-18(28-27-11)12-3-4-15-20(9-12)34-30-21(15)16-7-13-6-14(13)8-17(16)24(33)26-19-10-31(2)29-22(19)23(25)32/h3-5,9-10,13-14,16-17H,6-8H2,1-2H3,(H2,25,32)(H,26,33)(H,27,28)/t13-,14+,16-,17-/m1/s1. The van der Waals surface area contributed by atoms with Crippen molar-refractivity contribution in [3.8, 4) is 11.3 Å². The highest BCUT2D eigenvalue weighted by molar-refractivity contribution is 6.02. The number of rotatable bonds is 5. The maximum absolute atomic E-state index is 13.4. The molecule has 0 spiro atoms. The van der Waals surface area contributed by atoms with Crippen LogP contribution in [0.3, 0.4) is 0 Å². The number of nitrogens with one attached hydrogen (secondary N) is 2. The van der Waals surface area contributed by atoms with Crippen molar-refractivity contribution in [3.05, 3.63) is 47.5 Å². The predicted octanol–water partition coefficient (Wildman–Crippen LogP) is 3.13. The third-order valence-corrected chi connectivity index (χ3v) is 7.18. The fraction of sp³-hybridized carbons (Fsp3) is 0.375. The molecule has 3 aromatic heterocycles. The van der Waals surface area contributed by atoms with Crippen molar-refractivity contribution in [1.82, 2.24) is 25.1 Å². The minimum atomic E-state index is -0.677. The van der Waals surface area contributed by atoms with Gasteiger partial charge in [-0.05, 0) is 56.2 Å². The fourth-order valence-corrected chi connectivity index (χ4v) is 5.40. The molecule has 0 bridgehead atoms. The molecular formula is C24H25N7O3. The highest BCUT2D eigenvalue weighted by Gasteiger charge is 2.50. The number of amides is 2. The topological polar surface area (TPSA) is 145 Å². The van der Waals surface area contributed by atoms with Crippen molar-refractivity contribution in [2.75, 3.05) is 5.32 Å². The first-order valence-corrected chi connectivity index (χ1v) is 11.4. The number of carbonyl (C=O) groups is 2. The Kier molecular flexibility index (Phi) is 4.58. The Balaban J connectivity index is 1.32. The van der Waals surface area contributed by atoms with Crippen LogP contribution in [-0.4, -0.2) is 36.9 Å². The van der Waals surface area contributed by atoms with E-state index >= 15 is 0 Å². The molecule has 1 aromatic carbocycles. The number of nitrogens with zero attached hydrogens (tertiary/aromatic N) is 4. The second-order valence-corrected chi connectivity index (χ2v) is 9.57. The molecule has 0 radical (unpaired) electrons. The Morgan fingerprint density at radius 1 is 1.21 bits per heavy atom. The number of anilines is 1. The van der Waals surface area contributed by atoms with Gasteiger partial charge in [0.2, 0.25) is 5.91 Å². The van der Waals surface area contributed by atoms with Gasteiger partial charge in [-0.2, -0.15) is 10.2 Å². The molecule has 34 heavy (non-hydrogen) atoms. The van der Waals surface area contributed by atoms with Crippen LogP contribution in [0.25, 0.3) is 22.2 Å². The lowest BCUT2D eigenvalue weighted by Gasteiger charge is -2.29. The zero-order valence-corrected chi connectivity index (χ0v) is 18.9. The van der Waals surface area contributed by atoms with E-state index in [9.17, 15) is 9.59 Å². The number of aryl methyl sites for hydroxylation is 2. The maximum Gasteiger partial charge on any atom is 0.271 e. The molecule has 2 fully saturated rings. The number of fused-ring (bicyclic) bond motifs is 2. The second-order valence-electron chi connectivity index (χ2n) is 9.57. The van der Waals surface area contributed by atoms with Gasteiger partial charge in [0.05, 0.1) is 17.1 Å². The number of hydrogen-bond donors (Lipinski definition) is 3. The van der Waals surface area contributed by atoms with Gasteiger partial charge in [0.15, 0.2) is 11.3 Å². The highest BCUT2D eigenvalue weighted by Crippen LogP contribution is 2.57. The van der Waals surface area contributed by atoms with E-state index in [0.717, 1.165) is 47.3 Å². The summed E-state index contributed by atoms with van der Waals surface area (Å²) >= 11 is 0. The largest absolute Gasteiger partial charge is 0.364 e. The molecule has 2 aliphatic carbocycles. The summed E-state index contributed by atoms with van der Waals surface area (Å²) in [5, 5.41) is 19.6. The van der Waals surface area contributed by atoms with Gasteiger partial charge in [0.1, 0.15) is 0 Å². The van der Waals surface area contributed by atoms with Crippen LogP contribution in [0.2, 0.25) is 0 Å². The number of benzene rings is 1. The second kappa shape index (κ2) is 7.54. The van der Waals surface area contributed by atoms with Crippen LogP contribution in [0, 0.1) is 24.7 Å². The minimum Gasteiger partial charge on any atom is -0.364 e. The Labute approximate surface area is 194 Å². The molecule has 4 N–H and O–H groups in total. The average molecular weight is 460 g/mol. The number of aromatic nitrogens is 5. The van der Waals surface area contributed by atoms with Gasteiger partial charge in [0.25, 0.3) is 5.91 Å². The summed E-state index contributed by atoms with van der Waals surface area (Å²) in [6, 6.07) is 7.92. The number of aromatic amines is 1. The summed E-state index contributed by atoms with van der Waals surface area (Å²) in [7, 11) is 1.68. The zero-order chi connectivity index (χ0) is 23.6. The monoisotopic (exact) mass is 459 g/mol. The summed E-state index contributed by atoms with van der Waals surface area (Å²) < 4.78 is 7.19. The van der Waals surface area contributed by atoms with E-state index in [1.165, 1.54) is 4.68 Å². The van der Waals surface area contributed by atoms with Gasteiger partial charge in [-0.3, -0.25) is 19.4 Å². The van der Waals surface area contributed by atoms with Gasteiger partial charge in [-0.1, -0.05) is 11.2 Å². The Hall–Kier alpha value is -3.95. The van der Waals surface area contributed by atoms with Gasteiger partial charge in [-0.15, -0.1) is 0 Å². The van der Waals surface area contributed by atoms with E-state index in [0.29, 0.717) is 23.1 Å². The zero-order valence-electron chi connectivity index (χ0n) is 18.9. The molecular weight excluding hydrogens is 434 g/mol. The van der Waals surface area contributed by atoms with Crippen LogP contribution < -0.4 is 11.1 Å². The van der Waals surface area contributed by atoms with Crippen molar-refractivity contribution < 1.29 is 14.1 Å². The van der Waals surface area contributed by atoms with Crippen LogP contribution in [0.15, 0.2) is 35.0 Å². The van der Waals surface area contributed by atoms with E-state index < -0.39 is 5.91 Å². The maximum atomic E-state index is 13.4. The van der Waals surface area contributed by atoms with Crippen molar-refractivity contribution >= 4 is 28.5 Å². The molecule has 0 aliphatic heterocycles. The first kappa shape index (κ1) is 20.6. The normalized spacial score (nSPS) is 23.6. The molecule has 2 amide bonds. The average Bonchev–Trinajstić information content (AvgIpc) is 3.10. The first-order chi connectivity index (χ1) is 16.4. The number of H-pyrrole nitrogens is 1. The molecule has 4 aromatic rings. The van der Waals surface area contributed by atoms with Crippen molar-refractivity contribution in [1.29, 1.82) is 0 Å². The van der Waals surface area contributed by atoms with Gasteiger partial charge in [-0.25, -0.2) is 0 Å². The molecule has 10 nitrogen and oxygen atoms in total. The summed E-state index contributed by atoms with van der Waals surface area (Å²) in [4.78, 5) is 25.2. The van der Waals surface area contributed by atoms with E-state index in [1.807, 2.05) is 31.2 Å². The van der Waals surface area contributed by atoms with E-state index in [2.05, 4.69) is 25.8 Å². The van der Waals surface area contributed by atoms with Crippen LogP contribution in [0.4, 0.5) is 5.69 Å². The fourth-order valence-electron chi connectivity index (χ4n) is 5.40. The minimum absolute atomic E-state index is 0.0560. The van der Waals surface area contributed by atoms with Gasteiger partial charge < -0.3 is 15.6 Å². The van der Waals surface area contributed by atoms with E-state index in [4.69, 9.17) is 10.3 Å². The van der Waals surface area contributed by atoms with E-state index in [-0.39, 0.29) is 23.4 Å². The SMILES string of the molecule is Cc1cc(-c2ccc3c([C@@H]4C[C@H]5C[C@H]5C[C@H]4C(=O)Nc4cn(C)nc4C(N)=O)noc3c2)n[nH]1. The van der Waals surface area contributed by atoms with Gasteiger partial charge >= 0.3 is 0 Å². The number of carbonyl (C=O) groups excluding carboxylic acids is 2. The van der Waals surface area contributed by atoms with Crippen molar-refractivity contribution in [2.24, 2.45) is 30.5 Å².